The van der Waals surface area contributed by atoms with E-state index in [1.807, 2.05) is 0 Å². The first-order chi connectivity index (χ1) is 8.30. The van der Waals surface area contributed by atoms with E-state index in [1.54, 1.807) is 0 Å². The number of nitrogens with zero attached hydrogens (tertiary/aromatic N) is 1. The van der Waals surface area contributed by atoms with Crippen LogP contribution in [-0.2, 0) is 4.74 Å². The van der Waals surface area contributed by atoms with Crippen LogP contribution in [0.3, 0.4) is 0 Å². The van der Waals surface area contributed by atoms with E-state index in [2.05, 4.69) is 31.1 Å². The van der Waals surface area contributed by atoms with Gasteiger partial charge in [0.05, 0.1) is 6.10 Å². The zero-order valence-corrected chi connectivity index (χ0v) is 11.9. The Labute approximate surface area is 107 Å². The second-order valence-electron chi connectivity index (χ2n) is 5.06. The van der Waals surface area contributed by atoms with E-state index in [-0.39, 0.29) is 0 Å². The fourth-order valence-corrected chi connectivity index (χ4v) is 2.70. The van der Waals surface area contributed by atoms with Crippen LogP contribution in [0.4, 0.5) is 0 Å². The Kier molecular flexibility index (Phi) is 7.82. The molecule has 0 spiro atoms. The number of ether oxygens (including phenoxy) is 1. The molecule has 1 heterocycles. The van der Waals surface area contributed by atoms with Crippen molar-refractivity contribution in [1.82, 2.24) is 10.2 Å². The highest BCUT2D eigenvalue weighted by molar-refractivity contribution is 4.74. The Morgan fingerprint density at radius 2 is 2.24 bits per heavy atom. The lowest BCUT2D eigenvalue weighted by atomic mass is 10.1. The maximum Gasteiger partial charge on any atom is 0.0702 e. The first-order valence-corrected chi connectivity index (χ1v) is 7.31. The summed E-state index contributed by atoms with van der Waals surface area (Å²) in [5.41, 5.74) is 0. The Morgan fingerprint density at radius 3 is 2.88 bits per heavy atom. The molecule has 1 saturated heterocycles. The van der Waals surface area contributed by atoms with Crippen molar-refractivity contribution in [2.24, 2.45) is 0 Å². The molecule has 0 aromatic heterocycles. The molecule has 0 aromatic carbocycles. The van der Waals surface area contributed by atoms with Crippen molar-refractivity contribution in [3.8, 4) is 0 Å². The third-order valence-corrected chi connectivity index (χ3v) is 3.79. The average Bonchev–Trinajstić information content (AvgIpc) is 2.36. The highest BCUT2D eigenvalue weighted by atomic mass is 16.5. The Balaban J connectivity index is 2.13. The number of hydrogen-bond acceptors (Lipinski definition) is 3. The van der Waals surface area contributed by atoms with Gasteiger partial charge in [0, 0.05) is 19.2 Å². The molecule has 1 rings (SSSR count). The van der Waals surface area contributed by atoms with E-state index < -0.39 is 0 Å². The molecule has 102 valence electrons. The molecular weight excluding hydrogens is 212 g/mol. The lowest BCUT2D eigenvalue weighted by Gasteiger charge is -2.32. The van der Waals surface area contributed by atoms with Gasteiger partial charge < -0.3 is 15.0 Å². The van der Waals surface area contributed by atoms with Gasteiger partial charge in [0.15, 0.2) is 0 Å². The van der Waals surface area contributed by atoms with Crippen molar-refractivity contribution in [3.05, 3.63) is 0 Å². The molecule has 0 radical (unpaired) electrons. The van der Waals surface area contributed by atoms with E-state index in [9.17, 15) is 0 Å². The number of rotatable bonds is 8. The molecule has 1 aliphatic heterocycles. The predicted molar refractivity (Wildman–Crippen MR) is 73.5 cm³/mol. The summed E-state index contributed by atoms with van der Waals surface area (Å²) in [5.74, 6) is 0. The third-order valence-electron chi connectivity index (χ3n) is 3.79. The van der Waals surface area contributed by atoms with E-state index in [0.717, 1.165) is 13.2 Å². The van der Waals surface area contributed by atoms with Crippen molar-refractivity contribution in [2.75, 3.05) is 33.3 Å². The first kappa shape index (κ1) is 14.9. The minimum absolute atomic E-state index is 0.486. The molecule has 0 aliphatic carbocycles. The van der Waals surface area contributed by atoms with Crippen LogP contribution in [0.5, 0.6) is 0 Å². The summed E-state index contributed by atoms with van der Waals surface area (Å²) < 4.78 is 5.73. The fourth-order valence-electron chi connectivity index (χ4n) is 2.70. The summed E-state index contributed by atoms with van der Waals surface area (Å²) in [6.45, 7) is 8.85. The van der Waals surface area contributed by atoms with Crippen LogP contribution >= 0.6 is 0 Å². The normalized spacial score (nSPS) is 23.8. The van der Waals surface area contributed by atoms with Gasteiger partial charge in [-0.3, -0.25) is 0 Å². The van der Waals surface area contributed by atoms with Gasteiger partial charge >= 0.3 is 0 Å². The zero-order valence-electron chi connectivity index (χ0n) is 11.9. The standard InChI is InChI=1S/C14H30N2O/c1-4-13(15-3)8-6-10-16-11-7-9-14(12-16)17-5-2/h13-15H,4-12H2,1-3H3. The zero-order chi connectivity index (χ0) is 12.5. The second-order valence-corrected chi connectivity index (χ2v) is 5.06. The van der Waals surface area contributed by atoms with Gasteiger partial charge in [-0.05, 0) is 59.2 Å². The molecular formula is C14H30N2O. The third kappa shape index (κ3) is 5.84. The first-order valence-electron chi connectivity index (χ1n) is 7.31. The second kappa shape index (κ2) is 8.90. The highest BCUT2D eigenvalue weighted by Crippen LogP contribution is 2.14. The Morgan fingerprint density at radius 1 is 1.41 bits per heavy atom. The number of likely N-dealkylation sites (tertiary alicyclic amines) is 1. The number of piperidine rings is 1. The SMILES string of the molecule is CCOC1CCCN(CCCC(CC)NC)C1. The summed E-state index contributed by atoms with van der Waals surface area (Å²) >= 11 is 0. The maximum absolute atomic E-state index is 5.73. The van der Waals surface area contributed by atoms with Gasteiger partial charge in [-0.1, -0.05) is 6.92 Å². The van der Waals surface area contributed by atoms with Crippen LogP contribution in [0.2, 0.25) is 0 Å². The highest BCUT2D eigenvalue weighted by Gasteiger charge is 2.19. The van der Waals surface area contributed by atoms with Crippen LogP contribution < -0.4 is 5.32 Å². The summed E-state index contributed by atoms with van der Waals surface area (Å²) in [6.07, 6.45) is 6.87. The van der Waals surface area contributed by atoms with Crippen LogP contribution in [-0.4, -0.2) is 50.3 Å². The van der Waals surface area contributed by atoms with Crippen LogP contribution in [0, 0.1) is 0 Å². The van der Waals surface area contributed by atoms with Crippen LogP contribution in [0.15, 0.2) is 0 Å². The van der Waals surface area contributed by atoms with Crippen molar-refractivity contribution in [2.45, 2.75) is 58.1 Å². The van der Waals surface area contributed by atoms with Crippen molar-refractivity contribution in [3.63, 3.8) is 0 Å². The van der Waals surface area contributed by atoms with Crippen molar-refractivity contribution < 1.29 is 4.74 Å². The molecule has 0 aromatic rings. The summed E-state index contributed by atoms with van der Waals surface area (Å²) in [4.78, 5) is 2.58. The Hall–Kier alpha value is -0.120. The minimum Gasteiger partial charge on any atom is -0.377 e. The van der Waals surface area contributed by atoms with E-state index in [0.29, 0.717) is 12.1 Å². The van der Waals surface area contributed by atoms with Gasteiger partial charge in [-0.25, -0.2) is 0 Å². The summed E-state index contributed by atoms with van der Waals surface area (Å²) in [7, 11) is 2.07. The molecule has 0 amide bonds. The minimum atomic E-state index is 0.486. The quantitative estimate of drug-likeness (QED) is 0.706. The smallest absolute Gasteiger partial charge is 0.0702 e. The molecule has 1 fully saturated rings. The topological polar surface area (TPSA) is 24.5 Å². The molecule has 3 nitrogen and oxygen atoms in total. The van der Waals surface area contributed by atoms with Gasteiger partial charge in [0.2, 0.25) is 0 Å². The molecule has 1 aliphatic rings. The van der Waals surface area contributed by atoms with Gasteiger partial charge in [0.1, 0.15) is 0 Å². The molecule has 1 N–H and O–H groups in total. The lowest BCUT2D eigenvalue weighted by molar-refractivity contribution is 0.00546. The molecule has 0 saturated carbocycles. The largest absolute Gasteiger partial charge is 0.377 e. The molecule has 2 unspecified atom stereocenters. The average molecular weight is 242 g/mol. The number of hydrogen-bond donors (Lipinski definition) is 1. The van der Waals surface area contributed by atoms with Gasteiger partial charge in [-0.15, -0.1) is 0 Å². The van der Waals surface area contributed by atoms with E-state index >= 15 is 0 Å². The van der Waals surface area contributed by atoms with Gasteiger partial charge in [-0.2, -0.15) is 0 Å². The number of nitrogens with one attached hydrogen (secondary N) is 1. The van der Waals surface area contributed by atoms with Gasteiger partial charge in [0.25, 0.3) is 0 Å². The summed E-state index contributed by atoms with van der Waals surface area (Å²) in [5, 5.41) is 3.38. The maximum atomic E-state index is 5.73. The fraction of sp³-hybridized carbons (Fsp3) is 1.00. The van der Waals surface area contributed by atoms with Crippen molar-refractivity contribution in [1.29, 1.82) is 0 Å². The lowest BCUT2D eigenvalue weighted by Crippen LogP contribution is -2.40. The van der Waals surface area contributed by atoms with Crippen LogP contribution in [0.1, 0.15) is 46.0 Å². The molecule has 17 heavy (non-hydrogen) atoms. The van der Waals surface area contributed by atoms with E-state index in [4.69, 9.17) is 4.74 Å². The molecule has 2 atom stereocenters. The monoisotopic (exact) mass is 242 g/mol. The Bertz CT molecular complexity index is 181. The molecule has 0 bridgehead atoms. The van der Waals surface area contributed by atoms with Crippen molar-refractivity contribution >= 4 is 0 Å². The predicted octanol–water partition coefficient (Wildman–Crippen LogP) is 2.27. The van der Waals surface area contributed by atoms with E-state index in [1.165, 1.54) is 45.2 Å². The molecule has 3 heteroatoms. The summed E-state index contributed by atoms with van der Waals surface area (Å²) in [6, 6.07) is 0.697. The van der Waals surface area contributed by atoms with Crippen LogP contribution in [0.25, 0.3) is 0 Å².